The lowest BCUT2D eigenvalue weighted by Crippen LogP contribution is -2.14. The van der Waals surface area contributed by atoms with Crippen LogP contribution in [0.1, 0.15) is 74.0 Å². The van der Waals surface area contributed by atoms with E-state index in [1.807, 2.05) is 6.20 Å². The van der Waals surface area contributed by atoms with Crippen LogP contribution >= 0.6 is 0 Å². The third-order valence-electron chi connectivity index (χ3n) is 4.22. The molecule has 1 heterocycles. The maximum atomic E-state index is 6.17. The van der Waals surface area contributed by atoms with E-state index in [4.69, 9.17) is 10.7 Å². The van der Waals surface area contributed by atoms with Crippen LogP contribution in [0.25, 0.3) is 0 Å². The maximum absolute atomic E-state index is 6.17. The molecule has 1 unspecified atom stereocenters. The highest BCUT2D eigenvalue weighted by atomic mass is 14.9. The lowest BCUT2D eigenvalue weighted by atomic mass is 10.0. The van der Waals surface area contributed by atoms with Crippen molar-refractivity contribution in [2.75, 3.05) is 0 Å². The molecule has 1 saturated carbocycles. The molecule has 3 rings (SSSR count). The molecule has 0 aliphatic heterocycles. The second kappa shape index (κ2) is 4.73. The zero-order valence-corrected chi connectivity index (χ0v) is 10.4. The van der Waals surface area contributed by atoms with Gasteiger partial charge in [0.05, 0.1) is 0 Å². The zero-order chi connectivity index (χ0) is 11.7. The third kappa shape index (κ3) is 2.21. The van der Waals surface area contributed by atoms with Crippen LogP contribution in [0.4, 0.5) is 0 Å². The summed E-state index contributed by atoms with van der Waals surface area (Å²) in [6.07, 6.45) is 11.8. The number of hydrogen-bond acceptors (Lipinski definition) is 3. The molecule has 2 N–H and O–H groups in total. The average molecular weight is 231 g/mol. The van der Waals surface area contributed by atoms with Gasteiger partial charge >= 0.3 is 0 Å². The van der Waals surface area contributed by atoms with Crippen LogP contribution in [0.15, 0.2) is 6.20 Å². The normalized spacial score (nSPS) is 25.6. The minimum Gasteiger partial charge on any atom is -0.324 e. The van der Waals surface area contributed by atoms with Gasteiger partial charge < -0.3 is 5.73 Å². The van der Waals surface area contributed by atoms with Gasteiger partial charge in [0.1, 0.15) is 5.82 Å². The molecule has 3 heteroatoms. The lowest BCUT2D eigenvalue weighted by Gasteiger charge is -2.14. The van der Waals surface area contributed by atoms with Crippen molar-refractivity contribution in [3.63, 3.8) is 0 Å². The molecular weight excluding hydrogens is 210 g/mol. The van der Waals surface area contributed by atoms with Gasteiger partial charge in [0, 0.05) is 29.4 Å². The summed E-state index contributed by atoms with van der Waals surface area (Å²) >= 11 is 0. The first-order valence-corrected chi connectivity index (χ1v) is 6.96. The van der Waals surface area contributed by atoms with E-state index < -0.39 is 0 Å². The quantitative estimate of drug-likeness (QED) is 0.756. The lowest BCUT2D eigenvalue weighted by molar-refractivity contribution is 0.612. The molecule has 92 valence electrons. The smallest absolute Gasteiger partial charge is 0.131 e. The van der Waals surface area contributed by atoms with E-state index in [0.717, 1.165) is 18.7 Å². The van der Waals surface area contributed by atoms with E-state index in [2.05, 4.69) is 4.98 Å². The molecule has 0 aromatic carbocycles. The predicted octanol–water partition coefficient (Wildman–Crippen LogP) is 2.86. The van der Waals surface area contributed by atoms with Gasteiger partial charge in [-0.15, -0.1) is 0 Å². The molecule has 1 fully saturated rings. The van der Waals surface area contributed by atoms with Gasteiger partial charge in [-0.1, -0.05) is 19.3 Å². The predicted molar refractivity (Wildman–Crippen MR) is 67.7 cm³/mol. The Morgan fingerprint density at radius 1 is 1.06 bits per heavy atom. The summed E-state index contributed by atoms with van der Waals surface area (Å²) in [5, 5.41) is 0. The molecular formula is C14H21N3. The number of fused-ring (bicyclic) bond motifs is 1. The van der Waals surface area contributed by atoms with Crippen LogP contribution in [-0.2, 0) is 6.42 Å². The summed E-state index contributed by atoms with van der Waals surface area (Å²) in [4.78, 5) is 9.39. The molecule has 0 amide bonds. The Balaban J connectivity index is 1.91. The van der Waals surface area contributed by atoms with E-state index in [1.165, 1.54) is 49.8 Å². The van der Waals surface area contributed by atoms with E-state index in [9.17, 15) is 0 Å². The van der Waals surface area contributed by atoms with E-state index >= 15 is 0 Å². The Kier molecular flexibility index (Phi) is 3.10. The van der Waals surface area contributed by atoms with Gasteiger partial charge in [-0.05, 0) is 32.1 Å². The Bertz CT molecular complexity index is 396. The first kappa shape index (κ1) is 11.1. The molecule has 1 aromatic heterocycles. The summed E-state index contributed by atoms with van der Waals surface area (Å²) < 4.78 is 0. The number of hydrogen-bond donors (Lipinski definition) is 1. The van der Waals surface area contributed by atoms with E-state index in [-0.39, 0.29) is 6.04 Å². The number of rotatable bonds is 1. The minimum absolute atomic E-state index is 0.158. The molecule has 1 aromatic rings. The fraction of sp³-hybridized carbons (Fsp3) is 0.714. The highest BCUT2D eigenvalue weighted by Gasteiger charge is 2.23. The van der Waals surface area contributed by atoms with Crippen molar-refractivity contribution >= 4 is 0 Å². The average Bonchev–Trinajstić information content (AvgIpc) is 2.82. The monoisotopic (exact) mass is 231 g/mol. The van der Waals surface area contributed by atoms with Gasteiger partial charge in [-0.2, -0.15) is 0 Å². The summed E-state index contributed by atoms with van der Waals surface area (Å²) in [5.41, 5.74) is 8.60. The van der Waals surface area contributed by atoms with Crippen molar-refractivity contribution in [3.05, 3.63) is 23.3 Å². The van der Waals surface area contributed by atoms with Crippen molar-refractivity contribution in [1.82, 2.24) is 9.97 Å². The SMILES string of the molecule is NC1CCCCc2nc(C3CCCC3)ncc21. The van der Waals surface area contributed by atoms with Gasteiger partial charge in [-0.25, -0.2) is 9.97 Å². The molecule has 17 heavy (non-hydrogen) atoms. The molecule has 0 saturated heterocycles. The second-order valence-electron chi connectivity index (χ2n) is 5.46. The molecule has 2 aliphatic carbocycles. The van der Waals surface area contributed by atoms with Gasteiger partial charge in [0.2, 0.25) is 0 Å². The first-order chi connectivity index (χ1) is 8.34. The third-order valence-corrected chi connectivity index (χ3v) is 4.22. The van der Waals surface area contributed by atoms with Crippen LogP contribution in [0.5, 0.6) is 0 Å². The molecule has 2 aliphatic rings. The topological polar surface area (TPSA) is 51.8 Å². The van der Waals surface area contributed by atoms with Crippen LogP contribution in [0.2, 0.25) is 0 Å². The standard InChI is InChI=1S/C14H21N3/c15-12-7-3-4-8-13-11(12)9-16-14(17-13)10-5-1-2-6-10/h9-10,12H,1-8,15H2. The second-order valence-corrected chi connectivity index (χ2v) is 5.46. The van der Waals surface area contributed by atoms with E-state index in [0.29, 0.717) is 5.92 Å². The number of nitrogens with zero attached hydrogens (tertiary/aromatic N) is 2. The van der Waals surface area contributed by atoms with Crippen LogP contribution in [0, 0.1) is 0 Å². The molecule has 0 radical (unpaired) electrons. The molecule has 1 atom stereocenters. The summed E-state index contributed by atoms with van der Waals surface area (Å²) in [5.74, 6) is 1.69. The van der Waals surface area contributed by atoms with Crippen molar-refractivity contribution in [2.45, 2.75) is 63.3 Å². The number of aryl methyl sites for hydroxylation is 1. The number of aromatic nitrogens is 2. The number of nitrogens with two attached hydrogens (primary N) is 1. The van der Waals surface area contributed by atoms with Crippen LogP contribution in [-0.4, -0.2) is 9.97 Å². The van der Waals surface area contributed by atoms with Crippen LogP contribution < -0.4 is 5.73 Å². The zero-order valence-electron chi connectivity index (χ0n) is 10.4. The molecule has 3 nitrogen and oxygen atoms in total. The summed E-state index contributed by atoms with van der Waals surface area (Å²) in [7, 11) is 0. The fourth-order valence-electron chi connectivity index (χ4n) is 3.14. The highest BCUT2D eigenvalue weighted by Crippen LogP contribution is 2.33. The van der Waals surface area contributed by atoms with Crippen molar-refractivity contribution in [2.24, 2.45) is 5.73 Å². The largest absolute Gasteiger partial charge is 0.324 e. The highest BCUT2D eigenvalue weighted by molar-refractivity contribution is 5.23. The summed E-state index contributed by atoms with van der Waals surface area (Å²) in [6.45, 7) is 0. The van der Waals surface area contributed by atoms with Crippen molar-refractivity contribution in [1.29, 1.82) is 0 Å². The van der Waals surface area contributed by atoms with Crippen molar-refractivity contribution in [3.8, 4) is 0 Å². The van der Waals surface area contributed by atoms with Gasteiger partial charge in [-0.3, -0.25) is 0 Å². The van der Waals surface area contributed by atoms with Crippen LogP contribution in [0.3, 0.4) is 0 Å². The van der Waals surface area contributed by atoms with Crippen molar-refractivity contribution < 1.29 is 0 Å². The molecule has 0 bridgehead atoms. The summed E-state index contributed by atoms with van der Waals surface area (Å²) in [6, 6.07) is 0.158. The van der Waals surface area contributed by atoms with Gasteiger partial charge in [0.25, 0.3) is 0 Å². The Morgan fingerprint density at radius 2 is 1.82 bits per heavy atom. The Hall–Kier alpha value is -0.960. The molecule has 0 spiro atoms. The Labute approximate surface area is 103 Å². The first-order valence-electron chi connectivity index (χ1n) is 6.96. The fourth-order valence-corrected chi connectivity index (χ4v) is 3.14. The Morgan fingerprint density at radius 3 is 2.65 bits per heavy atom. The maximum Gasteiger partial charge on any atom is 0.131 e. The minimum atomic E-state index is 0.158. The van der Waals surface area contributed by atoms with Gasteiger partial charge in [0.15, 0.2) is 0 Å². The van der Waals surface area contributed by atoms with E-state index in [1.54, 1.807) is 0 Å².